The number of hydrogen-bond acceptors (Lipinski definition) is 2. The van der Waals surface area contributed by atoms with Gasteiger partial charge in [-0.05, 0) is 69.1 Å². The summed E-state index contributed by atoms with van der Waals surface area (Å²) in [5, 5.41) is 2.98. The molecule has 2 aliphatic rings. The number of hydrogen-bond donors (Lipinski definition) is 0. The van der Waals surface area contributed by atoms with Crippen LogP contribution in [0.3, 0.4) is 0 Å². The first-order valence-corrected chi connectivity index (χ1v) is 13.4. The van der Waals surface area contributed by atoms with Crippen molar-refractivity contribution in [2.45, 2.75) is 12.8 Å². The lowest BCUT2D eigenvalue weighted by Gasteiger charge is -2.24. The van der Waals surface area contributed by atoms with E-state index < -0.39 is 0 Å². The highest BCUT2D eigenvalue weighted by atomic mass is 32.1. The highest BCUT2D eigenvalue weighted by molar-refractivity contribution is 7.19. The van der Waals surface area contributed by atoms with Crippen LogP contribution in [0.1, 0.15) is 22.3 Å². The summed E-state index contributed by atoms with van der Waals surface area (Å²) in [6.45, 7) is 0. The number of rotatable bonds is 2. The van der Waals surface area contributed by atoms with Gasteiger partial charge in [0.1, 0.15) is 0 Å². The van der Waals surface area contributed by atoms with Gasteiger partial charge < -0.3 is 0 Å². The predicted octanol–water partition coefficient (Wildman–Crippen LogP) is 9.44. The van der Waals surface area contributed by atoms with E-state index in [2.05, 4.69) is 97.1 Å². The Hall–Kier alpha value is -3.46. The van der Waals surface area contributed by atoms with E-state index in [-0.39, 0.29) is 0 Å². The number of fused-ring (bicyclic) bond motifs is 4. The zero-order chi connectivity index (χ0) is 22.2. The normalized spacial score (nSPS) is 13.1. The standard InChI is InChI=1S/C32H20S2/c1-3-7-19(8-4-1)27-17-23-15-21-12-14-26-30-22(11-13-25(29(21)30)31(23)33-27)16-24-18-28(34-32(24)26)20-9-5-2-6-10-20/h1-14,17-18H,15-16H2. The van der Waals surface area contributed by atoms with Gasteiger partial charge in [0.25, 0.3) is 0 Å². The van der Waals surface area contributed by atoms with Gasteiger partial charge in [0.05, 0.1) is 0 Å². The molecule has 0 saturated heterocycles. The number of thiophene rings is 2. The van der Waals surface area contributed by atoms with E-state index in [9.17, 15) is 0 Å². The Labute approximate surface area is 206 Å². The van der Waals surface area contributed by atoms with Gasteiger partial charge in [-0.3, -0.25) is 0 Å². The highest BCUT2D eigenvalue weighted by Gasteiger charge is 2.28. The van der Waals surface area contributed by atoms with Crippen LogP contribution in [0.2, 0.25) is 0 Å². The fraction of sp³-hybridized carbons (Fsp3) is 0.0625. The summed E-state index contributed by atoms with van der Waals surface area (Å²) < 4.78 is 0. The largest absolute Gasteiger partial charge is 0.135 e. The average Bonchev–Trinajstić information content (AvgIpc) is 3.52. The van der Waals surface area contributed by atoms with E-state index in [1.807, 2.05) is 22.7 Å². The molecule has 0 spiro atoms. The average molecular weight is 469 g/mol. The van der Waals surface area contributed by atoms with Crippen LogP contribution >= 0.6 is 22.7 Å². The zero-order valence-corrected chi connectivity index (χ0v) is 20.1. The molecule has 2 aromatic heterocycles. The van der Waals surface area contributed by atoms with Gasteiger partial charge in [0, 0.05) is 30.6 Å². The smallest absolute Gasteiger partial charge is 0.0391 e. The van der Waals surface area contributed by atoms with Crippen molar-refractivity contribution in [3.8, 4) is 41.8 Å². The Morgan fingerprint density at radius 3 is 1.32 bits per heavy atom. The van der Waals surface area contributed by atoms with Crippen molar-refractivity contribution >= 4 is 33.4 Å². The van der Waals surface area contributed by atoms with Crippen LogP contribution in [-0.4, -0.2) is 0 Å². The Morgan fingerprint density at radius 1 is 0.441 bits per heavy atom. The van der Waals surface area contributed by atoms with Crippen LogP contribution in [-0.2, 0) is 12.8 Å². The lowest BCUT2D eigenvalue weighted by Crippen LogP contribution is -2.04. The molecule has 8 rings (SSSR count). The molecular formula is C32H20S2. The Balaban J connectivity index is 1.34. The first kappa shape index (κ1) is 18.9. The van der Waals surface area contributed by atoms with Crippen LogP contribution < -0.4 is 0 Å². The molecule has 0 amide bonds. The minimum Gasteiger partial charge on any atom is -0.135 e. The van der Waals surface area contributed by atoms with Gasteiger partial charge in [-0.2, -0.15) is 0 Å². The summed E-state index contributed by atoms with van der Waals surface area (Å²) in [5.41, 5.74) is 11.4. The number of benzene rings is 4. The van der Waals surface area contributed by atoms with E-state index in [0.717, 1.165) is 12.8 Å². The molecule has 0 saturated carbocycles. The summed E-state index contributed by atoms with van der Waals surface area (Å²) in [6, 6.07) is 36.0. The molecule has 0 atom stereocenters. The van der Waals surface area contributed by atoms with E-state index in [1.165, 1.54) is 74.8 Å². The van der Waals surface area contributed by atoms with Crippen LogP contribution in [0.4, 0.5) is 0 Å². The minimum absolute atomic E-state index is 1.03. The topological polar surface area (TPSA) is 0 Å². The third-order valence-corrected chi connectivity index (χ3v) is 9.84. The monoisotopic (exact) mass is 468 g/mol. The minimum atomic E-state index is 1.03. The molecule has 0 N–H and O–H groups in total. The fourth-order valence-corrected chi connectivity index (χ4v) is 8.22. The first-order chi connectivity index (χ1) is 16.8. The molecule has 2 aliphatic carbocycles. The summed E-state index contributed by atoms with van der Waals surface area (Å²) in [5.74, 6) is 0. The quantitative estimate of drug-likeness (QED) is 0.237. The third kappa shape index (κ3) is 2.64. The van der Waals surface area contributed by atoms with Crippen molar-refractivity contribution in [2.24, 2.45) is 0 Å². The van der Waals surface area contributed by atoms with Gasteiger partial charge in [-0.1, -0.05) is 84.9 Å². The maximum absolute atomic E-state index is 2.42. The van der Waals surface area contributed by atoms with Crippen LogP contribution in [0.25, 0.3) is 52.5 Å². The first-order valence-electron chi connectivity index (χ1n) is 11.8. The maximum atomic E-state index is 2.42. The van der Waals surface area contributed by atoms with Gasteiger partial charge >= 0.3 is 0 Å². The predicted molar refractivity (Wildman–Crippen MR) is 147 cm³/mol. The molecular weight excluding hydrogens is 448 g/mol. The Bertz CT molecular complexity index is 1600. The van der Waals surface area contributed by atoms with E-state index in [0.29, 0.717) is 0 Å². The molecule has 34 heavy (non-hydrogen) atoms. The van der Waals surface area contributed by atoms with Crippen LogP contribution in [0.15, 0.2) is 97.1 Å². The second-order valence-electron chi connectivity index (χ2n) is 9.31. The molecule has 0 radical (unpaired) electrons. The molecule has 0 bridgehead atoms. The van der Waals surface area contributed by atoms with E-state index in [1.54, 1.807) is 0 Å². The zero-order valence-electron chi connectivity index (χ0n) is 18.5. The molecule has 0 unspecified atom stereocenters. The van der Waals surface area contributed by atoms with Crippen LogP contribution in [0.5, 0.6) is 0 Å². The fourth-order valence-electron chi connectivity index (χ4n) is 5.79. The summed E-state index contributed by atoms with van der Waals surface area (Å²) in [6.07, 6.45) is 2.05. The van der Waals surface area contributed by atoms with Crippen molar-refractivity contribution in [3.63, 3.8) is 0 Å². The molecule has 2 heterocycles. The van der Waals surface area contributed by atoms with E-state index >= 15 is 0 Å². The van der Waals surface area contributed by atoms with Gasteiger partial charge in [0.2, 0.25) is 0 Å². The van der Waals surface area contributed by atoms with Gasteiger partial charge in [-0.25, -0.2) is 0 Å². The molecule has 4 aromatic carbocycles. The summed E-state index contributed by atoms with van der Waals surface area (Å²) in [4.78, 5) is 5.65. The maximum Gasteiger partial charge on any atom is 0.0391 e. The highest BCUT2D eigenvalue weighted by Crippen LogP contribution is 2.52. The van der Waals surface area contributed by atoms with Gasteiger partial charge in [-0.15, -0.1) is 22.7 Å². The summed E-state index contributed by atoms with van der Waals surface area (Å²) >= 11 is 3.90. The van der Waals surface area contributed by atoms with Crippen molar-refractivity contribution in [1.82, 2.24) is 0 Å². The molecule has 0 nitrogen and oxygen atoms in total. The van der Waals surface area contributed by atoms with Crippen molar-refractivity contribution in [3.05, 3.63) is 119 Å². The molecule has 160 valence electrons. The van der Waals surface area contributed by atoms with Crippen LogP contribution in [0, 0.1) is 0 Å². The van der Waals surface area contributed by atoms with Gasteiger partial charge in [0.15, 0.2) is 0 Å². The molecule has 6 aromatic rings. The molecule has 0 aliphatic heterocycles. The second-order valence-corrected chi connectivity index (χ2v) is 11.4. The summed E-state index contributed by atoms with van der Waals surface area (Å²) in [7, 11) is 0. The lowest BCUT2D eigenvalue weighted by molar-refractivity contribution is 1.19. The Kier molecular flexibility index (Phi) is 3.91. The van der Waals surface area contributed by atoms with Crippen molar-refractivity contribution in [2.75, 3.05) is 0 Å². The molecule has 0 fully saturated rings. The van der Waals surface area contributed by atoms with E-state index in [4.69, 9.17) is 0 Å². The lowest BCUT2D eigenvalue weighted by atomic mass is 9.80. The third-order valence-electron chi connectivity index (χ3n) is 7.32. The van der Waals surface area contributed by atoms with Crippen molar-refractivity contribution < 1.29 is 0 Å². The SMILES string of the molecule is c1ccc(-c2cc3c(s2)-c2ccc4c5c(ccc(c25)C3)-c2sc(-c3ccccc3)cc2C4)cc1. The van der Waals surface area contributed by atoms with Crippen molar-refractivity contribution in [1.29, 1.82) is 0 Å². The molecule has 2 heteroatoms. The second kappa shape index (κ2) is 7.02. The Morgan fingerprint density at radius 2 is 0.882 bits per heavy atom.